The number of halogens is 1. The van der Waals surface area contributed by atoms with Crippen LogP contribution in [0.25, 0.3) is 11.2 Å². The first-order valence-corrected chi connectivity index (χ1v) is 9.61. The van der Waals surface area contributed by atoms with Gasteiger partial charge < -0.3 is 0 Å². The molecule has 4 rings (SSSR count). The van der Waals surface area contributed by atoms with Crippen molar-refractivity contribution < 1.29 is 0 Å². The molecule has 0 unspecified atom stereocenters. The molecule has 2 heterocycles. The van der Waals surface area contributed by atoms with Gasteiger partial charge in [-0.25, -0.2) is 10.2 Å². The molecular weight excluding hydrogens is 404 g/mol. The first-order valence-electron chi connectivity index (χ1n) is 9.24. The first-order chi connectivity index (χ1) is 14.4. The fraction of sp³-hybridized carbons (Fsp3) is 0.143. The smallest absolute Gasteiger partial charge is 0.298 e. The number of rotatable bonds is 5. The van der Waals surface area contributed by atoms with E-state index in [9.17, 15) is 9.59 Å². The molecule has 2 aromatic heterocycles. The number of hydrazone groups is 1. The Morgan fingerprint density at radius 1 is 1.13 bits per heavy atom. The molecule has 152 valence electrons. The fourth-order valence-electron chi connectivity index (χ4n) is 3.13. The van der Waals surface area contributed by atoms with E-state index in [1.807, 2.05) is 49.4 Å². The maximum Gasteiger partial charge on any atom is 0.329 e. The Labute approximate surface area is 176 Å². The second-order valence-corrected chi connectivity index (χ2v) is 7.25. The van der Waals surface area contributed by atoms with E-state index >= 15 is 0 Å². The standard InChI is InChI=1S/C21H19ClN6O2/c1-13(15-8-10-16(22)11-9-15)25-26-20-23-18-17(19(29)24-21(30)27(18)2)28(20)12-14-6-4-3-5-7-14/h3-11H,12H2,1-2H3,(H,23,26)(H,24,29,30)/b25-13-. The number of aromatic amines is 1. The maximum atomic E-state index is 12.6. The van der Waals surface area contributed by atoms with Gasteiger partial charge in [-0.3, -0.25) is 18.9 Å². The molecule has 8 nitrogen and oxygen atoms in total. The third kappa shape index (κ3) is 3.77. The molecule has 0 amide bonds. The average Bonchev–Trinajstić information content (AvgIpc) is 3.10. The fourth-order valence-corrected chi connectivity index (χ4v) is 3.26. The zero-order valence-electron chi connectivity index (χ0n) is 16.4. The highest BCUT2D eigenvalue weighted by Gasteiger charge is 2.17. The van der Waals surface area contributed by atoms with Gasteiger partial charge in [0.1, 0.15) is 0 Å². The number of aromatic nitrogens is 4. The van der Waals surface area contributed by atoms with Crippen molar-refractivity contribution in [3.05, 3.63) is 91.6 Å². The largest absolute Gasteiger partial charge is 0.329 e. The van der Waals surface area contributed by atoms with Gasteiger partial charge in [-0.15, -0.1) is 0 Å². The second kappa shape index (κ2) is 8.00. The Hall–Kier alpha value is -3.65. The van der Waals surface area contributed by atoms with Crippen LogP contribution in [0.2, 0.25) is 5.02 Å². The molecule has 0 fully saturated rings. The second-order valence-electron chi connectivity index (χ2n) is 6.81. The van der Waals surface area contributed by atoms with Crippen molar-refractivity contribution in [2.45, 2.75) is 13.5 Å². The summed E-state index contributed by atoms with van der Waals surface area (Å²) in [5.41, 5.74) is 5.09. The summed E-state index contributed by atoms with van der Waals surface area (Å²) >= 11 is 5.95. The van der Waals surface area contributed by atoms with Crippen molar-refractivity contribution in [2.24, 2.45) is 12.1 Å². The van der Waals surface area contributed by atoms with Crippen molar-refractivity contribution in [1.82, 2.24) is 19.1 Å². The van der Waals surface area contributed by atoms with Crippen LogP contribution in [0.3, 0.4) is 0 Å². The Morgan fingerprint density at radius 3 is 2.53 bits per heavy atom. The third-order valence-electron chi connectivity index (χ3n) is 4.78. The molecule has 2 N–H and O–H groups in total. The maximum absolute atomic E-state index is 12.6. The highest BCUT2D eigenvalue weighted by molar-refractivity contribution is 6.30. The molecule has 2 aromatic carbocycles. The number of imidazole rings is 1. The molecular formula is C21H19ClN6O2. The van der Waals surface area contributed by atoms with Crippen LogP contribution in [-0.2, 0) is 13.6 Å². The van der Waals surface area contributed by atoms with Crippen LogP contribution in [-0.4, -0.2) is 24.8 Å². The lowest BCUT2D eigenvalue weighted by Gasteiger charge is -2.09. The molecule has 0 radical (unpaired) electrons. The van der Waals surface area contributed by atoms with Gasteiger partial charge in [0.05, 0.1) is 12.3 Å². The molecule has 0 atom stereocenters. The van der Waals surface area contributed by atoms with Gasteiger partial charge in [0.25, 0.3) is 5.56 Å². The first kappa shape index (κ1) is 19.7. The number of aryl methyl sites for hydroxylation is 1. The Bertz CT molecular complexity index is 1350. The number of nitrogens with zero attached hydrogens (tertiary/aromatic N) is 4. The SMILES string of the molecule is C/C(=N/Nc1nc2c(c(=O)[nH]c(=O)n2C)n1Cc1ccccc1)c1ccc(Cl)cc1. The molecule has 0 spiro atoms. The number of fused-ring (bicyclic) bond motifs is 1. The number of nitrogens with one attached hydrogen (secondary N) is 2. The van der Waals surface area contributed by atoms with Gasteiger partial charge in [-0.1, -0.05) is 54.1 Å². The van der Waals surface area contributed by atoms with E-state index in [1.165, 1.54) is 4.57 Å². The van der Waals surface area contributed by atoms with Crippen LogP contribution in [0.5, 0.6) is 0 Å². The number of hydrogen-bond acceptors (Lipinski definition) is 5. The predicted octanol–water partition coefficient (Wildman–Crippen LogP) is 2.96. The lowest BCUT2D eigenvalue weighted by molar-refractivity contribution is 0.808. The highest BCUT2D eigenvalue weighted by atomic mass is 35.5. The van der Waals surface area contributed by atoms with Gasteiger partial charge >= 0.3 is 5.69 Å². The van der Waals surface area contributed by atoms with Gasteiger partial charge in [0.2, 0.25) is 5.95 Å². The van der Waals surface area contributed by atoms with E-state index in [0.29, 0.717) is 28.7 Å². The topological polar surface area (TPSA) is 97.1 Å². The average molecular weight is 423 g/mol. The monoisotopic (exact) mass is 422 g/mol. The Kier molecular flexibility index (Phi) is 5.24. The zero-order valence-corrected chi connectivity index (χ0v) is 17.1. The number of hydrogen-bond donors (Lipinski definition) is 2. The summed E-state index contributed by atoms with van der Waals surface area (Å²) in [6.45, 7) is 2.24. The van der Waals surface area contributed by atoms with E-state index in [0.717, 1.165) is 11.1 Å². The van der Waals surface area contributed by atoms with Crippen LogP contribution >= 0.6 is 11.6 Å². The Balaban J connectivity index is 1.81. The molecule has 30 heavy (non-hydrogen) atoms. The van der Waals surface area contributed by atoms with Crippen molar-refractivity contribution in [2.75, 3.05) is 5.43 Å². The van der Waals surface area contributed by atoms with Crippen molar-refractivity contribution in [3.8, 4) is 0 Å². The van der Waals surface area contributed by atoms with Crippen molar-refractivity contribution >= 4 is 34.4 Å². The van der Waals surface area contributed by atoms with Crippen molar-refractivity contribution in [1.29, 1.82) is 0 Å². The summed E-state index contributed by atoms with van der Waals surface area (Å²) in [4.78, 5) is 31.4. The van der Waals surface area contributed by atoms with Gasteiger partial charge in [-0.2, -0.15) is 10.1 Å². The third-order valence-corrected chi connectivity index (χ3v) is 5.03. The van der Waals surface area contributed by atoms with Gasteiger partial charge in [-0.05, 0) is 30.2 Å². The molecule has 0 bridgehead atoms. The summed E-state index contributed by atoms with van der Waals surface area (Å²) in [6, 6.07) is 17.0. The van der Waals surface area contributed by atoms with Crippen molar-refractivity contribution in [3.63, 3.8) is 0 Å². The van der Waals surface area contributed by atoms with E-state index in [-0.39, 0.29) is 5.65 Å². The van der Waals surface area contributed by atoms with Gasteiger partial charge in [0, 0.05) is 12.1 Å². The lowest BCUT2D eigenvalue weighted by Crippen LogP contribution is -2.29. The van der Waals surface area contributed by atoms with Crippen LogP contribution in [0, 0.1) is 0 Å². The summed E-state index contributed by atoms with van der Waals surface area (Å²) in [5, 5.41) is 5.06. The number of anilines is 1. The van der Waals surface area contributed by atoms with Crippen LogP contribution in [0.15, 0.2) is 69.3 Å². The van der Waals surface area contributed by atoms with Crippen LogP contribution in [0.1, 0.15) is 18.1 Å². The molecule has 0 saturated carbocycles. The molecule has 0 saturated heterocycles. The zero-order chi connectivity index (χ0) is 21.3. The van der Waals surface area contributed by atoms with E-state index in [4.69, 9.17) is 11.6 Å². The summed E-state index contributed by atoms with van der Waals surface area (Å²) in [6.07, 6.45) is 0. The molecule has 9 heteroatoms. The normalized spacial score (nSPS) is 11.8. The molecule has 0 aliphatic heterocycles. The summed E-state index contributed by atoms with van der Waals surface area (Å²) < 4.78 is 3.01. The van der Waals surface area contributed by atoms with E-state index in [2.05, 4.69) is 20.5 Å². The minimum atomic E-state index is -0.524. The van der Waals surface area contributed by atoms with E-state index < -0.39 is 11.2 Å². The van der Waals surface area contributed by atoms with Crippen LogP contribution < -0.4 is 16.7 Å². The Morgan fingerprint density at radius 2 is 1.83 bits per heavy atom. The molecule has 0 aliphatic rings. The minimum absolute atomic E-state index is 0.279. The summed E-state index contributed by atoms with van der Waals surface area (Å²) in [7, 11) is 1.56. The number of H-pyrrole nitrogens is 1. The van der Waals surface area contributed by atoms with Crippen LogP contribution in [0.4, 0.5) is 5.95 Å². The predicted molar refractivity (Wildman–Crippen MR) is 118 cm³/mol. The lowest BCUT2D eigenvalue weighted by atomic mass is 10.1. The minimum Gasteiger partial charge on any atom is -0.298 e. The molecule has 0 aliphatic carbocycles. The molecule has 4 aromatic rings. The van der Waals surface area contributed by atoms with Gasteiger partial charge in [0.15, 0.2) is 11.2 Å². The van der Waals surface area contributed by atoms with E-state index in [1.54, 1.807) is 23.7 Å². The summed E-state index contributed by atoms with van der Waals surface area (Å²) in [5.74, 6) is 0.355. The quantitative estimate of drug-likeness (QED) is 0.381. The highest BCUT2D eigenvalue weighted by Crippen LogP contribution is 2.18. The number of benzene rings is 2.